The number of hydrogen-bond donors (Lipinski definition) is 0. The number of anilines is 1. The van der Waals surface area contributed by atoms with Gasteiger partial charge < -0.3 is 14.4 Å². The highest BCUT2D eigenvalue weighted by atomic mass is 16.5. The second-order valence-electron chi connectivity index (χ2n) is 5.09. The van der Waals surface area contributed by atoms with Crippen LogP contribution in [0.25, 0.3) is 0 Å². The van der Waals surface area contributed by atoms with Crippen LogP contribution in [0.15, 0.2) is 55.1 Å². The summed E-state index contributed by atoms with van der Waals surface area (Å²) in [7, 11) is 1.68. The van der Waals surface area contributed by atoms with Gasteiger partial charge in [-0.15, -0.1) is 6.58 Å². The topological polar surface area (TPSA) is 21.7 Å². The Morgan fingerprint density at radius 3 is 2.81 bits per heavy atom. The van der Waals surface area contributed by atoms with Gasteiger partial charge in [0.15, 0.2) is 18.2 Å². The lowest BCUT2D eigenvalue weighted by Crippen LogP contribution is -2.32. The standard InChI is InChI=1S/C18H19NO2/c1-3-7-14-10-15-12-19(16-8-5-4-6-9-16)13-21-18(15)17(11-14)20-2/h3-6,8-11H,1,7,12-13H2,2H3. The third-order valence-corrected chi connectivity index (χ3v) is 3.64. The molecule has 0 radical (unpaired) electrons. The van der Waals surface area contributed by atoms with Gasteiger partial charge in [0.05, 0.1) is 7.11 Å². The van der Waals surface area contributed by atoms with E-state index < -0.39 is 0 Å². The lowest BCUT2D eigenvalue weighted by molar-refractivity contribution is 0.270. The molecule has 1 aliphatic rings. The summed E-state index contributed by atoms with van der Waals surface area (Å²) < 4.78 is 11.4. The Kier molecular flexibility index (Phi) is 3.82. The van der Waals surface area contributed by atoms with Gasteiger partial charge in [0.1, 0.15) is 0 Å². The van der Waals surface area contributed by atoms with Gasteiger partial charge in [-0.05, 0) is 36.2 Å². The molecule has 3 rings (SSSR count). The van der Waals surface area contributed by atoms with Gasteiger partial charge in [-0.25, -0.2) is 0 Å². The second kappa shape index (κ2) is 5.92. The first-order chi connectivity index (χ1) is 10.3. The van der Waals surface area contributed by atoms with Crippen LogP contribution in [0.2, 0.25) is 0 Å². The molecule has 21 heavy (non-hydrogen) atoms. The number of nitrogens with zero attached hydrogens (tertiary/aromatic N) is 1. The first-order valence-corrected chi connectivity index (χ1v) is 7.05. The van der Waals surface area contributed by atoms with E-state index in [4.69, 9.17) is 9.47 Å². The van der Waals surface area contributed by atoms with Crippen molar-refractivity contribution in [2.45, 2.75) is 13.0 Å². The number of ether oxygens (including phenoxy) is 2. The average Bonchev–Trinajstić information content (AvgIpc) is 2.54. The molecular weight excluding hydrogens is 262 g/mol. The molecule has 0 fully saturated rings. The van der Waals surface area contributed by atoms with Gasteiger partial charge in [0.25, 0.3) is 0 Å². The number of methoxy groups -OCH3 is 1. The van der Waals surface area contributed by atoms with Crippen molar-refractivity contribution in [2.24, 2.45) is 0 Å². The van der Waals surface area contributed by atoms with E-state index in [0.717, 1.165) is 35.7 Å². The Morgan fingerprint density at radius 2 is 2.10 bits per heavy atom. The van der Waals surface area contributed by atoms with E-state index in [1.807, 2.05) is 30.3 Å². The maximum atomic E-state index is 5.92. The third-order valence-electron chi connectivity index (χ3n) is 3.64. The number of rotatable bonds is 4. The lowest BCUT2D eigenvalue weighted by Gasteiger charge is -2.31. The monoisotopic (exact) mass is 281 g/mol. The molecule has 0 amide bonds. The molecule has 3 heteroatoms. The van der Waals surface area contributed by atoms with E-state index >= 15 is 0 Å². The van der Waals surface area contributed by atoms with Crippen molar-refractivity contribution in [3.63, 3.8) is 0 Å². The molecule has 0 aliphatic carbocycles. The number of benzene rings is 2. The van der Waals surface area contributed by atoms with E-state index in [1.54, 1.807) is 7.11 Å². The molecule has 1 heterocycles. The highest BCUT2D eigenvalue weighted by molar-refractivity contribution is 5.55. The molecule has 0 aromatic heterocycles. The fraction of sp³-hybridized carbons (Fsp3) is 0.222. The fourth-order valence-corrected chi connectivity index (χ4v) is 2.64. The van der Waals surface area contributed by atoms with Crippen molar-refractivity contribution in [3.8, 4) is 11.5 Å². The normalized spacial score (nSPS) is 13.3. The fourth-order valence-electron chi connectivity index (χ4n) is 2.64. The van der Waals surface area contributed by atoms with Crippen LogP contribution in [0.1, 0.15) is 11.1 Å². The first kappa shape index (κ1) is 13.6. The summed E-state index contributed by atoms with van der Waals surface area (Å²) in [5.41, 5.74) is 3.51. The highest BCUT2D eigenvalue weighted by Gasteiger charge is 2.21. The zero-order valence-corrected chi connectivity index (χ0v) is 12.2. The number of allylic oxidation sites excluding steroid dienone is 1. The first-order valence-electron chi connectivity index (χ1n) is 7.05. The molecule has 0 spiro atoms. The largest absolute Gasteiger partial charge is 0.493 e. The molecule has 2 aromatic rings. The van der Waals surface area contributed by atoms with Crippen LogP contribution < -0.4 is 14.4 Å². The Bertz CT molecular complexity index is 637. The maximum absolute atomic E-state index is 5.92. The molecule has 0 N–H and O–H groups in total. The maximum Gasteiger partial charge on any atom is 0.168 e. The van der Waals surface area contributed by atoms with E-state index in [1.165, 1.54) is 5.56 Å². The Morgan fingerprint density at radius 1 is 1.29 bits per heavy atom. The molecule has 1 aliphatic heterocycles. The predicted octanol–water partition coefficient (Wildman–Crippen LogP) is 3.78. The Labute approximate surface area is 125 Å². The zero-order valence-electron chi connectivity index (χ0n) is 12.2. The van der Waals surface area contributed by atoms with E-state index in [2.05, 4.69) is 29.7 Å². The molecule has 2 aromatic carbocycles. The predicted molar refractivity (Wildman–Crippen MR) is 85.0 cm³/mol. The van der Waals surface area contributed by atoms with Crippen LogP contribution in [-0.2, 0) is 13.0 Å². The summed E-state index contributed by atoms with van der Waals surface area (Å²) in [6.45, 7) is 5.16. The SMILES string of the molecule is C=CCc1cc2c(c(OC)c1)OCN(c1ccccc1)C2. The summed E-state index contributed by atoms with van der Waals surface area (Å²) in [5, 5.41) is 0. The molecule has 3 nitrogen and oxygen atoms in total. The van der Waals surface area contributed by atoms with Crippen molar-refractivity contribution in [1.82, 2.24) is 0 Å². The van der Waals surface area contributed by atoms with Crippen LogP contribution in [0, 0.1) is 0 Å². The average molecular weight is 281 g/mol. The number of para-hydroxylation sites is 1. The second-order valence-corrected chi connectivity index (χ2v) is 5.09. The van der Waals surface area contributed by atoms with Gasteiger partial charge in [-0.1, -0.05) is 24.3 Å². The van der Waals surface area contributed by atoms with Crippen molar-refractivity contribution >= 4 is 5.69 Å². The summed E-state index contributed by atoms with van der Waals surface area (Å²) >= 11 is 0. The zero-order chi connectivity index (χ0) is 14.7. The van der Waals surface area contributed by atoms with Crippen molar-refractivity contribution in [1.29, 1.82) is 0 Å². The van der Waals surface area contributed by atoms with Gasteiger partial charge in [-0.2, -0.15) is 0 Å². The van der Waals surface area contributed by atoms with Crippen LogP contribution in [-0.4, -0.2) is 13.8 Å². The van der Waals surface area contributed by atoms with Crippen LogP contribution in [0.3, 0.4) is 0 Å². The summed E-state index contributed by atoms with van der Waals surface area (Å²) in [6.07, 6.45) is 2.73. The highest BCUT2D eigenvalue weighted by Crippen LogP contribution is 2.37. The van der Waals surface area contributed by atoms with Gasteiger partial charge in [0.2, 0.25) is 0 Å². The quantitative estimate of drug-likeness (QED) is 0.796. The van der Waals surface area contributed by atoms with Crippen molar-refractivity contribution < 1.29 is 9.47 Å². The van der Waals surface area contributed by atoms with Crippen LogP contribution in [0.4, 0.5) is 5.69 Å². The van der Waals surface area contributed by atoms with E-state index in [9.17, 15) is 0 Å². The third kappa shape index (κ3) is 2.72. The van der Waals surface area contributed by atoms with Crippen LogP contribution in [0.5, 0.6) is 11.5 Å². The molecule has 0 unspecified atom stereocenters. The van der Waals surface area contributed by atoms with Gasteiger partial charge >= 0.3 is 0 Å². The molecule has 0 bridgehead atoms. The Balaban J connectivity index is 1.94. The Hall–Kier alpha value is -2.42. The van der Waals surface area contributed by atoms with E-state index in [-0.39, 0.29) is 0 Å². The minimum absolute atomic E-state index is 0.536. The molecular formula is C18H19NO2. The van der Waals surface area contributed by atoms with Crippen LogP contribution >= 0.6 is 0 Å². The van der Waals surface area contributed by atoms with Gasteiger partial charge in [0, 0.05) is 17.8 Å². The summed E-state index contributed by atoms with van der Waals surface area (Å²) in [4.78, 5) is 2.21. The number of fused-ring (bicyclic) bond motifs is 1. The molecule has 108 valence electrons. The van der Waals surface area contributed by atoms with E-state index in [0.29, 0.717) is 6.73 Å². The molecule has 0 saturated carbocycles. The summed E-state index contributed by atoms with van der Waals surface area (Å²) in [6, 6.07) is 14.5. The molecule has 0 saturated heterocycles. The minimum atomic E-state index is 0.536. The van der Waals surface area contributed by atoms with Crippen molar-refractivity contribution in [2.75, 3.05) is 18.7 Å². The molecule has 0 atom stereocenters. The minimum Gasteiger partial charge on any atom is -0.493 e. The van der Waals surface area contributed by atoms with Crippen molar-refractivity contribution in [3.05, 3.63) is 66.2 Å². The smallest absolute Gasteiger partial charge is 0.168 e. The van der Waals surface area contributed by atoms with Gasteiger partial charge in [-0.3, -0.25) is 0 Å². The summed E-state index contributed by atoms with van der Waals surface area (Å²) in [5.74, 6) is 1.66. The number of hydrogen-bond acceptors (Lipinski definition) is 3. The lowest BCUT2D eigenvalue weighted by atomic mass is 10.0.